The topological polar surface area (TPSA) is 75.7 Å². The number of carbonyl (C=O) groups excluding carboxylic acids is 3. The molecule has 1 aliphatic rings. The van der Waals surface area contributed by atoms with Crippen molar-refractivity contribution >= 4 is 64.4 Å². The van der Waals surface area contributed by atoms with Crippen LogP contribution in [0.1, 0.15) is 38.2 Å². The van der Waals surface area contributed by atoms with Crippen molar-refractivity contribution < 1.29 is 19.1 Å². The van der Waals surface area contributed by atoms with Gasteiger partial charge in [0.2, 0.25) is 0 Å². The zero-order chi connectivity index (χ0) is 23.3. The van der Waals surface area contributed by atoms with Crippen molar-refractivity contribution in [2.75, 3.05) is 11.5 Å². The Morgan fingerprint density at radius 2 is 1.62 bits per heavy atom. The van der Waals surface area contributed by atoms with E-state index in [1.54, 1.807) is 12.1 Å². The third-order valence-corrected chi connectivity index (χ3v) is 5.58. The number of nitrogens with one attached hydrogen (secondary N) is 1. The Morgan fingerprint density at radius 3 is 2.25 bits per heavy atom. The lowest BCUT2D eigenvalue weighted by atomic mass is 10.1. The molecule has 1 heterocycles. The summed E-state index contributed by atoms with van der Waals surface area (Å²) in [4.78, 5) is 38.4. The number of amides is 4. The molecule has 3 rings (SSSR count). The maximum atomic E-state index is 13.0. The Morgan fingerprint density at radius 1 is 0.969 bits per heavy atom. The van der Waals surface area contributed by atoms with Crippen LogP contribution in [0.25, 0.3) is 6.08 Å². The lowest BCUT2D eigenvalue weighted by Gasteiger charge is -2.26. The van der Waals surface area contributed by atoms with Gasteiger partial charge in [-0.15, -0.1) is 0 Å². The predicted octanol–water partition coefficient (Wildman–Crippen LogP) is 6.27. The van der Waals surface area contributed by atoms with Crippen LogP contribution in [0.3, 0.4) is 0 Å². The number of barbiturate groups is 1. The van der Waals surface area contributed by atoms with Gasteiger partial charge >= 0.3 is 6.03 Å². The number of urea groups is 1. The molecule has 32 heavy (non-hydrogen) atoms. The SMILES string of the molecule is CCCCCCOc1c(Cl)cc(/C=C2/C(=O)NC(=O)N(c3ccc(Cl)cc3)C2=O)cc1Cl. The summed E-state index contributed by atoms with van der Waals surface area (Å²) in [7, 11) is 0. The Hall–Kier alpha value is -2.54. The first kappa shape index (κ1) is 24.1. The summed E-state index contributed by atoms with van der Waals surface area (Å²) in [5, 5.41) is 3.13. The molecule has 0 aromatic heterocycles. The highest BCUT2D eigenvalue weighted by Crippen LogP contribution is 2.35. The Bertz CT molecular complexity index is 1040. The van der Waals surface area contributed by atoms with Gasteiger partial charge in [-0.25, -0.2) is 9.69 Å². The molecule has 0 radical (unpaired) electrons. The molecular weight excluding hydrogens is 475 g/mol. The first-order chi connectivity index (χ1) is 15.3. The molecule has 1 aliphatic heterocycles. The van der Waals surface area contributed by atoms with Crippen molar-refractivity contribution in [3.8, 4) is 5.75 Å². The van der Waals surface area contributed by atoms with Gasteiger partial charge in [0.25, 0.3) is 11.8 Å². The van der Waals surface area contributed by atoms with Gasteiger partial charge < -0.3 is 4.74 Å². The van der Waals surface area contributed by atoms with E-state index in [4.69, 9.17) is 39.5 Å². The van der Waals surface area contributed by atoms with Crippen LogP contribution in [0.2, 0.25) is 15.1 Å². The number of benzene rings is 2. The van der Waals surface area contributed by atoms with Crippen LogP contribution in [-0.4, -0.2) is 24.5 Å². The van der Waals surface area contributed by atoms with Gasteiger partial charge in [-0.05, 0) is 54.5 Å². The van der Waals surface area contributed by atoms with Crippen molar-refractivity contribution in [3.63, 3.8) is 0 Å². The van der Waals surface area contributed by atoms with Crippen molar-refractivity contribution in [2.45, 2.75) is 32.6 Å². The Balaban J connectivity index is 1.84. The highest BCUT2D eigenvalue weighted by atomic mass is 35.5. The van der Waals surface area contributed by atoms with E-state index < -0.39 is 17.8 Å². The van der Waals surface area contributed by atoms with Crippen LogP contribution in [0.4, 0.5) is 10.5 Å². The molecule has 0 bridgehead atoms. The highest BCUT2D eigenvalue weighted by molar-refractivity contribution is 6.40. The van der Waals surface area contributed by atoms with Crippen molar-refractivity contribution in [2.24, 2.45) is 0 Å². The maximum Gasteiger partial charge on any atom is 0.335 e. The van der Waals surface area contributed by atoms with Crippen LogP contribution in [0, 0.1) is 0 Å². The maximum absolute atomic E-state index is 13.0. The van der Waals surface area contributed by atoms with E-state index in [1.165, 1.54) is 30.3 Å². The van der Waals surface area contributed by atoms with Crippen molar-refractivity contribution in [3.05, 3.63) is 62.6 Å². The number of ether oxygens (including phenoxy) is 1. The van der Waals surface area contributed by atoms with Crippen LogP contribution >= 0.6 is 34.8 Å². The molecule has 4 amide bonds. The summed E-state index contributed by atoms with van der Waals surface area (Å²) in [6.07, 6.45) is 5.52. The van der Waals surface area contributed by atoms with Gasteiger partial charge in [-0.2, -0.15) is 0 Å². The molecule has 2 aromatic carbocycles. The van der Waals surface area contributed by atoms with Gasteiger partial charge in [-0.3, -0.25) is 14.9 Å². The molecule has 0 unspecified atom stereocenters. The number of carbonyl (C=O) groups is 3. The zero-order valence-corrected chi connectivity index (χ0v) is 19.6. The Labute approximate surface area is 201 Å². The van der Waals surface area contributed by atoms with E-state index >= 15 is 0 Å². The zero-order valence-electron chi connectivity index (χ0n) is 17.3. The number of rotatable bonds is 8. The second-order valence-corrected chi connectivity index (χ2v) is 8.41. The fraction of sp³-hybridized carbons (Fsp3) is 0.261. The fourth-order valence-corrected chi connectivity index (χ4v) is 3.89. The monoisotopic (exact) mass is 494 g/mol. The molecule has 0 atom stereocenters. The second kappa shape index (κ2) is 10.9. The lowest BCUT2D eigenvalue weighted by Crippen LogP contribution is -2.54. The normalized spacial score (nSPS) is 15.3. The first-order valence-corrected chi connectivity index (χ1v) is 11.2. The fourth-order valence-electron chi connectivity index (χ4n) is 3.15. The minimum atomic E-state index is -0.845. The summed E-state index contributed by atoms with van der Waals surface area (Å²) in [5.74, 6) is -1.23. The van der Waals surface area contributed by atoms with Crippen molar-refractivity contribution in [1.82, 2.24) is 5.32 Å². The second-order valence-electron chi connectivity index (χ2n) is 7.16. The summed E-state index contributed by atoms with van der Waals surface area (Å²) in [6.45, 7) is 2.61. The van der Waals surface area contributed by atoms with E-state index in [0.29, 0.717) is 22.9 Å². The lowest BCUT2D eigenvalue weighted by molar-refractivity contribution is -0.122. The number of halogens is 3. The van der Waals surface area contributed by atoms with Gasteiger partial charge in [0, 0.05) is 5.02 Å². The minimum Gasteiger partial charge on any atom is -0.490 e. The van der Waals surface area contributed by atoms with Gasteiger partial charge in [0.1, 0.15) is 5.57 Å². The largest absolute Gasteiger partial charge is 0.490 e. The van der Waals surface area contributed by atoms with Gasteiger partial charge in [0.05, 0.1) is 22.3 Å². The summed E-state index contributed by atoms with van der Waals surface area (Å²) in [5.41, 5.74) is 0.459. The quantitative estimate of drug-likeness (QED) is 0.266. The number of hydrogen-bond donors (Lipinski definition) is 1. The Kier molecular flexibility index (Phi) is 8.18. The highest BCUT2D eigenvalue weighted by Gasteiger charge is 2.36. The molecule has 0 spiro atoms. The molecule has 6 nitrogen and oxygen atoms in total. The molecule has 1 N–H and O–H groups in total. The van der Waals surface area contributed by atoms with Crippen LogP contribution < -0.4 is 15.0 Å². The van der Waals surface area contributed by atoms with Crippen LogP contribution in [0.5, 0.6) is 5.75 Å². The average molecular weight is 496 g/mol. The van der Waals surface area contributed by atoms with Crippen LogP contribution in [-0.2, 0) is 9.59 Å². The number of anilines is 1. The molecule has 0 aliphatic carbocycles. The molecule has 168 valence electrons. The van der Waals surface area contributed by atoms with E-state index in [-0.39, 0.29) is 21.3 Å². The molecule has 1 saturated heterocycles. The number of imide groups is 2. The average Bonchev–Trinajstić information content (AvgIpc) is 2.74. The van der Waals surface area contributed by atoms with Crippen molar-refractivity contribution in [1.29, 1.82) is 0 Å². The van der Waals surface area contributed by atoms with E-state index in [0.717, 1.165) is 30.6 Å². The standard InChI is InChI=1S/C23H21Cl3N2O4/c1-2-3-4-5-10-32-20-18(25)12-14(13-19(20)26)11-17-21(29)27-23(31)28(22(17)30)16-8-6-15(24)7-9-16/h6-9,11-13H,2-5,10H2,1H3,(H,27,29,31)/b17-11-. The van der Waals surface area contributed by atoms with Gasteiger partial charge in [-0.1, -0.05) is 61.0 Å². The number of unbranched alkanes of at least 4 members (excludes halogenated alkanes) is 3. The number of nitrogens with zero attached hydrogens (tertiary/aromatic N) is 1. The number of hydrogen-bond acceptors (Lipinski definition) is 4. The summed E-state index contributed by atoms with van der Waals surface area (Å²) in [6, 6.07) is 8.34. The minimum absolute atomic E-state index is 0.236. The van der Waals surface area contributed by atoms with E-state index in [1.807, 2.05) is 0 Å². The van der Waals surface area contributed by atoms with E-state index in [9.17, 15) is 14.4 Å². The summed E-state index contributed by atoms with van der Waals surface area (Å²) >= 11 is 18.5. The molecule has 1 fully saturated rings. The smallest absolute Gasteiger partial charge is 0.335 e. The first-order valence-electron chi connectivity index (χ1n) is 10.1. The third-order valence-electron chi connectivity index (χ3n) is 4.76. The van der Waals surface area contributed by atoms with Gasteiger partial charge in [0.15, 0.2) is 5.75 Å². The molecular formula is C23H21Cl3N2O4. The third kappa shape index (κ3) is 5.63. The molecule has 2 aromatic rings. The molecule has 0 saturated carbocycles. The van der Waals surface area contributed by atoms with Crippen LogP contribution in [0.15, 0.2) is 42.0 Å². The molecule has 9 heteroatoms. The predicted molar refractivity (Wildman–Crippen MR) is 127 cm³/mol. The summed E-state index contributed by atoms with van der Waals surface area (Å²) < 4.78 is 5.71. The van der Waals surface area contributed by atoms with E-state index in [2.05, 4.69) is 12.2 Å².